The Bertz CT molecular complexity index is 1770. The minimum absolute atomic E-state index is 0.0102. The molecule has 4 aliphatic rings. The lowest BCUT2D eigenvalue weighted by molar-refractivity contribution is -0.199. The van der Waals surface area contributed by atoms with Gasteiger partial charge in [-0.2, -0.15) is 0 Å². The number of aryl methyl sites for hydroxylation is 1. The van der Waals surface area contributed by atoms with Gasteiger partial charge < -0.3 is 41.4 Å². The van der Waals surface area contributed by atoms with E-state index >= 15 is 0 Å². The van der Waals surface area contributed by atoms with Gasteiger partial charge in [0.25, 0.3) is 0 Å². The molecule has 1 aliphatic heterocycles. The first-order chi connectivity index (χ1) is 29.0. The molecule has 0 radical (unpaired) electrons. The van der Waals surface area contributed by atoms with Crippen LogP contribution >= 0.6 is 0 Å². The third kappa shape index (κ3) is 11.9. The molecule has 3 amide bonds. The Hall–Kier alpha value is -3.62. The van der Waals surface area contributed by atoms with E-state index in [4.69, 9.17) is 20.8 Å². The van der Waals surface area contributed by atoms with Crippen molar-refractivity contribution in [3.63, 3.8) is 0 Å². The van der Waals surface area contributed by atoms with Gasteiger partial charge in [0.15, 0.2) is 11.6 Å². The number of carbonyl (C=O) groups excluding carboxylic acids is 4. The highest BCUT2D eigenvalue weighted by atomic mass is 16.7. The normalized spacial score (nSPS) is 23.8. The van der Waals surface area contributed by atoms with Gasteiger partial charge in [-0.3, -0.25) is 14.4 Å². The van der Waals surface area contributed by atoms with Crippen molar-refractivity contribution in [2.45, 2.75) is 161 Å². The van der Waals surface area contributed by atoms with E-state index in [1.54, 1.807) is 11.8 Å². The molecule has 0 spiro atoms. The van der Waals surface area contributed by atoms with Crippen molar-refractivity contribution in [2.24, 2.45) is 34.6 Å². The molecule has 2 bridgehead atoms. The van der Waals surface area contributed by atoms with Crippen molar-refractivity contribution in [1.29, 1.82) is 0 Å². The number of carbonyl (C=O) groups is 4. The van der Waals surface area contributed by atoms with Gasteiger partial charge in [-0.25, -0.2) is 4.79 Å². The Morgan fingerprint density at radius 3 is 2.08 bits per heavy atom. The molecule has 0 aromatic heterocycles. The van der Waals surface area contributed by atoms with Crippen molar-refractivity contribution >= 4 is 30.6 Å². The number of nitrogens with two attached hydrogens (primary N) is 2. The quantitative estimate of drug-likeness (QED) is 0.0574. The van der Waals surface area contributed by atoms with Crippen LogP contribution in [0.15, 0.2) is 48.5 Å². The van der Waals surface area contributed by atoms with E-state index < -0.39 is 48.9 Å². The summed E-state index contributed by atoms with van der Waals surface area (Å²) < 4.78 is 13.1. The fraction of sp³-hybridized carbons (Fsp3) is 0.667. The standard InChI is InChI=1S/C48H74BN5O7/c1-8-9-13-34-15-19-36(20-16-34)37-21-17-35(18-22-37)30-54(25-12-24-51)46(59)53-44(33(4)55)41(57)26-31(2)45(58)52-39(14-10-11-23-50)40(56)27-32(3)49-60-43-29-38-28-42(47(38,5)6)48(43,7)61-49/h15-22,31-33,38-39,42-44,55H,8-14,23-30,50-51H2,1-7H3,(H,52,58)(H,53,59)/t31-,32-,33-,38+,39+,42+,43-,44+,48+/m1/s1. The van der Waals surface area contributed by atoms with Crippen LogP contribution in [0.3, 0.4) is 0 Å². The monoisotopic (exact) mass is 844 g/mol. The van der Waals surface area contributed by atoms with Crippen LogP contribution in [-0.2, 0) is 36.7 Å². The number of aliphatic hydroxyl groups is 1. The van der Waals surface area contributed by atoms with Gasteiger partial charge in [-0.1, -0.05) is 89.6 Å². The van der Waals surface area contributed by atoms with Crippen molar-refractivity contribution in [1.82, 2.24) is 15.5 Å². The smallest absolute Gasteiger partial charge is 0.405 e. The Morgan fingerprint density at radius 2 is 1.49 bits per heavy atom. The molecule has 7 N–H and O–H groups in total. The van der Waals surface area contributed by atoms with E-state index in [1.165, 1.54) is 12.5 Å². The zero-order valence-corrected chi connectivity index (χ0v) is 37.9. The van der Waals surface area contributed by atoms with Gasteiger partial charge in [-0.05, 0) is 124 Å². The number of hydrogen-bond acceptors (Lipinski definition) is 9. The Balaban J connectivity index is 1.16. The number of urea groups is 1. The van der Waals surface area contributed by atoms with Crippen molar-refractivity contribution < 1.29 is 33.6 Å². The summed E-state index contributed by atoms with van der Waals surface area (Å²) in [6, 6.07) is 14.1. The Labute approximate surface area is 365 Å². The molecule has 61 heavy (non-hydrogen) atoms. The van der Waals surface area contributed by atoms with E-state index in [0.717, 1.165) is 48.8 Å². The summed E-state index contributed by atoms with van der Waals surface area (Å²) in [5, 5.41) is 16.4. The van der Waals surface area contributed by atoms with Crippen LogP contribution in [-0.4, -0.2) is 90.2 Å². The summed E-state index contributed by atoms with van der Waals surface area (Å²) in [7, 11) is -0.506. The van der Waals surface area contributed by atoms with Crippen molar-refractivity contribution in [3.05, 3.63) is 59.7 Å². The van der Waals surface area contributed by atoms with Crippen molar-refractivity contribution in [2.75, 3.05) is 19.6 Å². The highest BCUT2D eigenvalue weighted by Gasteiger charge is 2.68. The minimum atomic E-state index is -1.25. The van der Waals surface area contributed by atoms with Crippen LogP contribution in [0.25, 0.3) is 11.1 Å². The Kier molecular flexibility index (Phi) is 17.2. The second kappa shape index (κ2) is 21.6. The molecule has 1 saturated heterocycles. The zero-order valence-electron chi connectivity index (χ0n) is 37.9. The molecular formula is C48H74BN5O7. The lowest BCUT2D eigenvalue weighted by Gasteiger charge is -2.64. The van der Waals surface area contributed by atoms with Crippen LogP contribution < -0.4 is 22.1 Å². The van der Waals surface area contributed by atoms with Gasteiger partial charge in [-0.15, -0.1) is 0 Å². The third-order valence-corrected chi connectivity index (χ3v) is 14.0. The lowest BCUT2D eigenvalue weighted by atomic mass is 9.43. The first-order valence-electron chi connectivity index (χ1n) is 23.0. The second-order valence-corrected chi connectivity index (χ2v) is 19.1. The fourth-order valence-electron chi connectivity index (χ4n) is 9.84. The molecule has 2 aromatic carbocycles. The van der Waals surface area contributed by atoms with Gasteiger partial charge in [0.1, 0.15) is 6.04 Å². The highest BCUT2D eigenvalue weighted by Crippen LogP contribution is 2.66. The summed E-state index contributed by atoms with van der Waals surface area (Å²) in [5.41, 5.74) is 15.8. The van der Waals surface area contributed by atoms with E-state index in [-0.39, 0.29) is 48.1 Å². The maximum Gasteiger partial charge on any atom is 0.461 e. The molecule has 6 rings (SSSR count). The van der Waals surface area contributed by atoms with E-state index in [2.05, 4.69) is 62.6 Å². The molecule has 336 valence electrons. The van der Waals surface area contributed by atoms with Gasteiger partial charge in [0.2, 0.25) is 5.91 Å². The fourth-order valence-corrected chi connectivity index (χ4v) is 9.84. The number of nitrogens with zero attached hydrogens (tertiary/aromatic N) is 1. The molecule has 3 aliphatic carbocycles. The average molecular weight is 844 g/mol. The molecule has 2 aromatic rings. The topological polar surface area (TPSA) is 186 Å². The van der Waals surface area contributed by atoms with Crippen LogP contribution in [0.4, 0.5) is 4.79 Å². The number of Topliss-reactive ketones (excluding diaryl/α,β-unsaturated/α-hetero) is 2. The summed E-state index contributed by atoms with van der Waals surface area (Å²) in [6.45, 7) is 15.5. The molecular weight excluding hydrogens is 769 g/mol. The van der Waals surface area contributed by atoms with Crippen LogP contribution in [0.5, 0.6) is 0 Å². The molecule has 4 fully saturated rings. The molecule has 1 heterocycles. The summed E-state index contributed by atoms with van der Waals surface area (Å²) in [4.78, 5) is 56.5. The number of aliphatic hydroxyl groups excluding tert-OH is 1. The Morgan fingerprint density at radius 1 is 0.852 bits per heavy atom. The number of amides is 3. The minimum Gasteiger partial charge on any atom is -0.405 e. The van der Waals surface area contributed by atoms with Gasteiger partial charge >= 0.3 is 13.1 Å². The highest BCUT2D eigenvalue weighted by molar-refractivity contribution is 6.47. The summed E-state index contributed by atoms with van der Waals surface area (Å²) in [6.07, 6.45) is 6.52. The average Bonchev–Trinajstić information content (AvgIpc) is 3.61. The van der Waals surface area contributed by atoms with Crippen LogP contribution in [0, 0.1) is 23.2 Å². The number of hydrogen-bond donors (Lipinski definition) is 5. The van der Waals surface area contributed by atoms with E-state index in [9.17, 15) is 24.3 Å². The van der Waals surface area contributed by atoms with E-state index in [1.807, 2.05) is 31.2 Å². The zero-order chi connectivity index (χ0) is 44.5. The largest absolute Gasteiger partial charge is 0.461 e. The van der Waals surface area contributed by atoms with Gasteiger partial charge in [0, 0.05) is 31.8 Å². The molecule has 9 atom stereocenters. The molecule has 12 nitrogen and oxygen atoms in total. The SMILES string of the molecule is CCCCc1ccc(-c2ccc(CN(CCCN)C(=O)N[C@H](C(=O)C[C@@H](C)C(=O)N[C@@H](CCCCN)C(=O)C[C@@H](C)B3O[C@@H]4C[C@@H]5C[C@@H](C5(C)C)[C@]4(C)O3)[C@@H](C)O)cc2)cc1. The molecule has 13 heteroatoms. The van der Waals surface area contributed by atoms with Crippen molar-refractivity contribution in [3.8, 4) is 11.1 Å². The number of nitrogens with one attached hydrogen (secondary N) is 2. The number of ketones is 2. The predicted octanol–water partition coefficient (Wildman–Crippen LogP) is 6.59. The first-order valence-corrected chi connectivity index (χ1v) is 23.0. The number of rotatable bonds is 24. The lowest BCUT2D eigenvalue weighted by Crippen LogP contribution is -2.65. The second-order valence-electron chi connectivity index (χ2n) is 19.1. The van der Waals surface area contributed by atoms with Gasteiger partial charge in [0.05, 0.1) is 23.9 Å². The summed E-state index contributed by atoms with van der Waals surface area (Å²) >= 11 is 0. The number of benzene rings is 2. The summed E-state index contributed by atoms with van der Waals surface area (Å²) in [5.74, 6) is -1.07. The van der Waals surface area contributed by atoms with E-state index in [0.29, 0.717) is 57.2 Å². The molecule has 0 unspecified atom stereocenters. The number of unbranched alkanes of at least 4 members (excludes halogenated alkanes) is 2. The van der Waals surface area contributed by atoms with Crippen LogP contribution in [0.2, 0.25) is 5.82 Å². The molecule has 3 saturated carbocycles. The third-order valence-electron chi connectivity index (χ3n) is 14.0. The first kappa shape index (κ1) is 48.4. The maximum absolute atomic E-state index is 13.8. The maximum atomic E-state index is 13.8. The predicted molar refractivity (Wildman–Crippen MR) is 241 cm³/mol. The van der Waals surface area contributed by atoms with Crippen LogP contribution in [0.1, 0.15) is 124 Å².